The van der Waals surface area contributed by atoms with E-state index in [-0.39, 0.29) is 10.9 Å². The summed E-state index contributed by atoms with van der Waals surface area (Å²) in [4.78, 5) is 4.04. The lowest BCUT2D eigenvalue weighted by Gasteiger charge is -2.11. The molecule has 5 heteroatoms. The molecule has 100 valence electrons. The summed E-state index contributed by atoms with van der Waals surface area (Å²) in [5.41, 5.74) is 7.58. The Balaban J connectivity index is 2.40. The van der Waals surface area contributed by atoms with Crippen LogP contribution < -0.4 is 10.5 Å². The maximum absolute atomic E-state index is 8.94. The Labute approximate surface area is 122 Å². The SMILES string of the molecule is C=CCc1cc(N)ccc1Oc1nccc(C#N)c1Cl. The molecule has 0 aliphatic heterocycles. The number of nitriles is 1. The minimum Gasteiger partial charge on any atom is -0.437 e. The van der Waals surface area contributed by atoms with Crippen molar-refractivity contribution in [2.24, 2.45) is 0 Å². The number of pyridine rings is 1. The molecule has 1 aromatic carbocycles. The van der Waals surface area contributed by atoms with Gasteiger partial charge in [-0.1, -0.05) is 17.7 Å². The number of nitrogens with two attached hydrogens (primary N) is 1. The van der Waals surface area contributed by atoms with Crippen LogP contribution in [0, 0.1) is 11.3 Å². The molecule has 0 amide bonds. The number of hydrogen-bond acceptors (Lipinski definition) is 4. The zero-order valence-corrected chi connectivity index (χ0v) is 11.4. The van der Waals surface area contributed by atoms with Gasteiger partial charge < -0.3 is 10.5 Å². The highest BCUT2D eigenvalue weighted by Crippen LogP contribution is 2.32. The average molecular weight is 286 g/mol. The van der Waals surface area contributed by atoms with Crippen LogP contribution in [-0.2, 0) is 6.42 Å². The van der Waals surface area contributed by atoms with E-state index in [4.69, 9.17) is 27.3 Å². The molecule has 0 saturated heterocycles. The van der Waals surface area contributed by atoms with E-state index >= 15 is 0 Å². The average Bonchev–Trinajstić information content (AvgIpc) is 2.44. The molecule has 1 aromatic heterocycles. The lowest BCUT2D eigenvalue weighted by molar-refractivity contribution is 0.458. The first-order valence-electron chi connectivity index (χ1n) is 5.87. The van der Waals surface area contributed by atoms with Crippen molar-refractivity contribution in [1.29, 1.82) is 5.26 Å². The fourth-order valence-corrected chi connectivity index (χ4v) is 1.89. The van der Waals surface area contributed by atoms with Gasteiger partial charge in [-0.15, -0.1) is 6.58 Å². The Hall–Kier alpha value is -2.51. The van der Waals surface area contributed by atoms with Crippen LogP contribution >= 0.6 is 11.6 Å². The summed E-state index contributed by atoms with van der Waals surface area (Å²) in [5.74, 6) is 0.782. The molecule has 2 rings (SSSR count). The molecule has 0 aliphatic rings. The van der Waals surface area contributed by atoms with Gasteiger partial charge in [0.05, 0.1) is 5.56 Å². The summed E-state index contributed by atoms with van der Waals surface area (Å²) in [6, 6.07) is 8.78. The zero-order valence-electron chi connectivity index (χ0n) is 10.6. The summed E-state index contributed by atoms with van der Waals surface area (Å²) in [7, 11) is 0. The monoisotopic (exact) mass is 285 g/mol. The van der Waals surface area contributed by atoms with E-state index in [0.29, 0.717) is 23.4 Å². The lowest BCUT2D eigenvalue weighted by atomic mass is 10.1. The van der Waals surface area contributed by atoms with Crippen molar-refractivity contribution in [3.8, 4) is 17.7 Å². The van der Waals surface area contributed by atoms with Crippen LogP contribution in [0.2, 0.25) is 5.02 Å². The predicted molar refractivity (Wildman–Crippen MR) is 78.8 cm³/mol. The molecule has 0 unspecified atom stereocenters. The molecule has 2 aromatic rings. The van der Waals surface area contributed by atoms with Crippen molar-refractivity contribution in [3.05, 3.63) is 59.3 Å². The Morgan fingerprint density at radius 2 is 2.25 bits per heavy atom. The molecular formula is C15H12ClN3O. The van der Waals surface area contributed by atoms with Gasteiger partial charge in [-0.05, 0) is 30.7 Å². The maximum Gasteiger partial charge on any atom is 0.239 e. The van der Waals surface area contributed by atoms with Gasteiger partial charge in [-0.3, -0.25) is 0 Å². The third-order valence-electron chi connectivity index (χ3n) is 2.63. The number of allylic oxidation sites excluding steroid dienone is 1. The fraction of sp³-hybridized carbons (Fsp3) is 0.0667. The van der Waals surface area contributed by atoms with E-state index in [1.54, 1.807) is 24.3 Å². The maximum atomic E-state index is 8.94. The van der Waals surface area contributed by atoms with E-state index in [1.165, 1.54) is 12.3 Å². The molecule has 0 radical (unpaired) electrons. The molecule has 2 N–H and O–H groups in total. The Kier molecular flexibility index (Phi) is 4.24. The predicted octanol–water partition coefficient (Wildman–Crippen LogP) is 3.71. The molecule has 0 saturated carbocycles. The second-order valence-corrected chi connectivity index (χ2v) is 4.43. The smallest absolute Gasteiger partial charge is 0.239 e. The summed E-state index contributed by atoms with van der Waals surface area (Å²) in [6.07, 6.45) is 3.84. The summed E-state index contributed by atoms with van der Waals surface area (Å²) < 4.78 is 5.69. The fourth-order valence-electron chi connectivity index (χ4n) is 1.70. The van der Waals surface area contributed by atoms with E-state index in [9.17, 15) is 0 Å². The Morgan fingerprint density at radius 3 is 2.95 bits per heavy atom. The lowest BCUT2D eigenvalue weighted by Crippen LogP contribution is -1.96. The molecule has 0 atom stereocenters. The van der Waals surface area contributed by atoms with Crippen molar-refractivity contribution >= 4 is 17.3 Å². The number of ether oxygens (including phenoxy) is 1. The number of nitrogens with zero attached hydrogens (tertiary/aromatic N) is 2. The van der Waals surface area contributed by atoms with Gasteiger partial charge in [0, 0.05) is 17.4 Å². The highest BCUT2D eigenvalue weighted by atomic mass is 35.5. The zero-order chi connectivity index (χ0) is 14.5. The number of aromatic nitrogens is 1. The number of rotatable bonds is 4. The molecule has 0 aliphatic carbocycles. The van der Waals surface area contributed by atoms with E-state index in [1.807, 2.05) is 6.07 Å². The van der Waals surface area contributed by atoms with E-state index < -0.39 is 0 Å². The molecule has 20 heavy (non-hydrogen) atoms. The van der Waals surface area contributed by atoms with Crippen LogP contribution in [0.1, 0.15) is 11.1 Å². The molecule has 1 heterocycles. The van der Waals surface area contributed by atoms with Gasteiger partial charge >= 0.3 is 0 Å². The topological polar surface area (TPSA) is 71.9 Å². The van der Waals surface area contributed by atoms with Gasteiger partial charge in [-0.25, -0.2) is 4.98 Å². The molecule has 0 spiro atoms. The third-order valence-corrected chi connectivity index (χ3v) is 3.00. The van der Waals surface area contributed by atoms with Crippen LogP contribution in [0.4, 0.5) is 5.69 Å². The van der Waals surface area contributed by atoms with Crippen LogP contribution in [0.3, 0.4) is 0 Å². The van der Waals surface area contributed by atoms with Crippen molar-refractivity contribution in [1.82, 2.24) is 4.98 Å². The summed E-state index contributed by atoms with van der Waals surface area (Å²) in [5, 5.41) is 9.13. The number of benzene rings is 1. The van der Waals surface area contributed by atoms with Crippen LogP contribution in [0.15, 0.2) is 43.1 Å². The van der Waals surface area contributed by atoms with Gasteiger partial charge in [0.2, 0.25) is 5.88 Å². The first-order chi connectivity index (χ1) is 9.65. The molecule has 4 nitrogen and oxygen atoms in total. The van der Waals surface area contributed by atoms with Crippen molar-refractivity contribution in [2.45, 2.75) is 6.42 Å². The Bertz CT molecular complexity index is 692. The second-order valence-electron chi connectivity index (χ2n) is 4.05. The largest absolute Gasteiger partial charge is 0.437 e. The van der Waals surface area contributed by atoms with Gasteiger partial charge in [-0.2, -0.15) is 5.26 Å². The minimum absolute atomic E-state index is 0.191. The first-order valence-corrected chi connectivity index (χ1v) is 6.25. The van der Waals surface area contributed by atoms with Crippen LogP contribution in [0.25, 0.3) is 0 Å². The highest BCUT2D eigenvalue weighted by Gasteiger charge is 2.11. The standard InChI is InChI=1S/C15H12ClN3O/c1-2-3-10-8-12(18)4-5-13(10)20-15-14(16)11(9-17)6-7-19-15/h2,4-8H,1,3,18H2. The first kappa shape index (κ1) is 13.9. The van der Waals surface area contributed by atoms with Gasteiger partial charge in [0.1, 0.15) is 16.8 Å². The third kappa shape index (κ3) is 2.90. The molecular weight excluding hydrogens is 274 g/mol. The normalized spacial score (nSPS) is 9.80. The Morgan fingerprint density at radius 1 is 1.45 bits per heavy atom. The quantitative estimate of drug-likeness (QED) is 0.686. The molecule has 0 bridgehead atoms. The van der Waals surface area contributed by atoms with Gasteiger partial charge in [0.25, 0.3) is 0 Å². The van der Waals surface area contributed by atoms with Crippen LogP contribution in [-0.4, -0.2) is 4.98 Å². The van der Waals surface area contributed by atoms with Crippen molar-refractivity contribution in [2.75, 3.05) is 5.73 Å². The van der Waals surface area contributed by atoms with Crippen molar-refractivity contribution < 1.29 is 4.74 Å². The van der Waals surface area contributed by atoms with Crippen molar-refractivity contribution in [3.63, 3.8) is 0 Å². The van der Waals surface area contributed by atoms with Crippen LogP contribution in [0.5, 0.6) is 11.6 Å². The highest BCUT2D eigenvalue weighted by molar-refractivity contribution is 6.33. The second kappa shape index (κ2) is 6.09. The summed E-state index contributed by atoms with van der Waals surface area (Å²) >= 11 is 6.06. The van der Waals surface area contributed by atoms with E-state index in [0.717, 1.165) is 5.56 Å². The van der Waals surface area contributed by atoms with Gasteiger partial charge in [0.15, 0.2) is 0 Å². The van der Waals surface area contributed by atoms with E-state index in [2.05, 4.69) is 11.6 Å². The summed E-state index contributed by atoms with van der Waals surface area (Å²) in [6.45, 7) is 3.70. The minimum atomic E-state index is 0.191. The number of nitrogen functional groups attached to an aromatic ring is 1. The number of hydrogen-bond donors (Lipinski definition) is 1. The molecule has 0 fully saturated rings. The number of halogens is 1. The number of anilines is 1.